The number of rotatable bonds is 1. The van der Waals surface area contributed by atoms with Gasteiger partial charge in [0.15, 0.2) is 0 Å². The molecule has 0 nitrogen and oxygen atoms in total. The Balaban J connectivity index is 1.98. The van der Waals surface area contributed by atoms with Gasteiger partial charge >= 0.3 is 0 Å². The average molecular weight is 269 g/mol. The molecule has 1 aliphatic rings. The van der Waals surface area contributed by atoms with Crippen molar-refractivity contribution in [3.63, 3.8) is 0 Å². The zero-order valence-electron chi connectivity index (χ0n) is 12.1. The van der Waals surface area contributed by atoms with E-state index in [-0.39, 0.29) is 0 Å². The first kappa shape index (κ1) is 12.4. The second-order valence-electron chi connectivity index (χ2n) is 5.79. The molecule has 0 bridgehead atoms. The summed E-state index contributed by atoms with van der Waals surface area (Å²) in [4.78, 5) is 0. The standard InChI is InChI=1S/C21H17/c1-14-11-12-16(13-15(14)2)21-19-9-5-3-7-17(19)18-8-4-6-10-20(18)21/h3-13,21H,2H2,1H3. The molecule has 3 aromatic carbocycles. The third-order valence-electron chi connectivity index (χ3n) is 4.54. The largest absolute Gasteiger partial charge is 0.0619 e. The number of hydrogen-bond donors (Lipinski definition) is 0. The van der Waals surface area contributed by atoms with E-state index >= 15 is 0 Å². The second kappa shape index (κ2) is 4.60. The van der Waals surface area contributed by atoms with Gasteiger partial charge in [-0.15, -0.1) is 0 Å². The predicted molar refractivity (Wildman–Crippen MR) is 88.5 cm³/mol. The molecule has 1 aliphatic carbocycles. The lowest BCUT2D eigenvalue weighted by molar-refractivity contribution is 1.01. The third kappa shape index (κ3) is 1.83. The third-order valence-corrected chi connectivity index (χ3v) is 4.54. The summed E-state index contributed by atoms with van der Waals surface area (Å²) in [7, 11) is 0. The summed E-state index contributed by atoms with van der Waals surface area (Å²) in [5.41, 5.74) is 9.24. The first-order chi connectivity index (χ1) is 10.3. The Morgan fingerprint density at radius 2 is 1.33 bits per heavy atom. The second-order valence-corrected chi connectivity index (χ2v) is 5.79. The summed E-state index contributed by atoms with van der Waals surface area (Å²) in [5.74, 6) is 0.332. The highest BCUT2D eigenvalue weighted by atomic mass is 14.3. The molecule has 0 fully saturated rings. The van der Waals surface area contributed by atoms with Crippen LogP contribution in [-0.4, -0.2) is 0 Å². The fraction of sp³-hybridized carbons (Fsp3) is 0.0952. The molecule has 0 aliphatic heterocycles. The summed E-state index contributed by atoms with van der Waals surface area (Å²) >= 11 is 0. The number of hydrogen-bond acceptors (Lipinski definition) is 0. The average Bonchev–Trinajstić information content (AvgIpc) is 2.85. The normalized spacial score (nSPS) is 13.0. The summed E-state index contributed by atoms with van der Waals surface area (Å²) in [6, 6.07) is 24.1. The van der Waals surface area contributed by atoms with Crippen molar-refractivity contribution in [2.24, 2.45) is 0 Å². The molecule has 0 N–H and O–H groups in total. The van der Waals surface area contributed by atoms with Gasteiger partial charge < -0.3 is 0 Å². The Bertz CT molecular complexity index is 781. The van der Waals surface area contributed by atoms with Crippen molar-refractivity contribution in [3.8, 4) is 11.1 Å². The van der Waals surface area contributed by atoms with Gasteiger partial charge in [0.25, 0.3) is 0 Å². The fourth-order valence-corrected chi connectivity index (χ4v) is 3.39. The number of fused-ring (bicyclic) bond motifs is 3. The van der Waals surface area contributed by atoms with Crippen molar-refractivity contribution in [1.82, 2.24) is 0 Å². The molecule has 101 valence electrons. The Morgan fingerprint density at radius 1 is 0.762 bits per heavy atom. The smallest absolute Gasteiger partial charge is 0.0352 e. The molecule has 0 heteroatoms. The van der Waals surface area contributed by atoms with Gasteiger partial charge in [-0.05, 0) is 52.8 Å². The maximum absolute atomic E-state index is 4.16. The van der Waals surface area contributed by atoms with Crippen LogP contribution in [0.2, 0.25) is 0 Å². The topological polar surface area (TPSA) is 0 Å². The highest BCUT2D eigenvalue weighted by molar-refractivity contribution is 5.80. The monoisotopic (exact) mass is 269 g/mol. The predicted octanol–water partition coefficient (Wildman–Crippen LogP) is 5.34. The summed E-state index contributed by atoms with van der Waals surface area (Å²) in [5, 5.41) is 0. The molecule has 0 heterocycles. The molecule has 0 atom stereocenters. The first-order valence-electron chi connectivity index (χ1n) is 7.36. The molecular weight excluding hydrogens is 252 g/mol. The van der Waals surface area contributed by atoms with Crippen molar-refractivity contribution in [1.29, 1.82) is 0 Å². The summed E-state index contributed by atoms with van der Waals surface area (Å²) in [6.45, 7) is 6.28. The molecule has 0 saturated carbocycles. The highest BCUT2D eigenvalue weighted by Gasteiger charge is 2.29. The van der Waals surface area contributed by atoms with Gasteiger partial charge in [-0.3, -0.25) is 0 Å². The SMILES string of the molecule is [CH2]c1cc(C2c3ccccc3-c3ccccc32)ccc1C. The molecule has 1 radical (unpaired) electrons. The van der Waals surface area contributed by atoms with Gasteiger partial charge in [0.2, 0.25) is 0 Å². The Labute approximate surface area is 126 Å². The molecule has 3 aromatic rings. The van der Waals surface area contributed by atoms with Gasteiger partial charge in [0.1, 0.15) is 0 Å². The van der Waals surface area contributed by atoms with Crippen LogP contribution in [0.3, 0.4) is 0 Å². The minimum atomic E-state index is 0.332. The van der Waals surface area contributed by atoms with Crippen molar-refractivity contribution in [2.75, 3.05) is 0 Å². The molecule has 21 heavy (non-hydrogen) atoms. The van der Waals surface area contributed by atoms with Crippen molar-refractivity contribution in [2.45, 2.75) is 12.8 Å². The maximum atomic E-state index is 4.16. The number of benzene rings is 3. The van der Waals surface area contributed by atoms with Crippen molar-refractivity contribution < 1.29 is 0 Å². The van der Waals surface area contributed by atoms with E-state index in [1.54, 1.807) is 0 Å². The lowest BCUT2D eigenvalue weighted by atomic mass is 9.88. The number of aryl methyl sites for hydroxylation is 1. The van der Waals surface area contributed by atoms with E-state index in [4.69, 9.17) is 0 Å². The van der Waals surface area contributed by atoms with Crippen LogP contribution in [0.4, 0.5) is 0 Å². The quantitative estimate of drug-likeness (QED) is 0.437. The molecule has 0 spiro atoms. The maximum Gasteiger partial charge on any atom is 0.0352 e. The Morgan fingerprint density at radius 3 is 1.90 bits per heavy atom. The van der Waals surface area contributed by atoms with Crippen LogP contribution < -0.4 is 0 Å². The van der Waals surface area contributed by atoms with Gasteiger partial charge in [0.05, 0.1) is 0 Å². The van der Waals surface area contributed by atoms with E-state index < -0.39 is 0 Å². The first-order valence-corrected chi connectivity index (χ1v) is 7.36. The molecule has 0 unspecified atom stereocenters. The van der Waals surface area contributed by atoms with E-state index in [1.165, 1.54) is 33.4 Å². The lowest BCUT2D eigenvalue weighted by Crippen LogP contribution is -2.00. The molecular formula is C21H17. The van der Waals surface area contributed by atoms with E-state index in [2.05, 4.69) is 80.6 Å². The molecule has 4 rings (SSSR count). The molecule has 0 saturated heterocycles. The van der Waals surface area contributed by atoms with Gasteiger partial charge in [-0.2, -0.15) is 0 Å². The van der Waals surface area contributed by atoms with Crippen LogP contribution in [0.15, 0.2) is 66.7 Å². The van der Waals surface area contributed by atoms with E-state index in [1.807, 2.05) is 0 Å². The highest BCUT2D eigenvalue weighted by Crippen LogP contribution is 2.47. The lowest BCUT2D eigenvalue weighted by Gasteiger charge is -2.15. The van der Waals surface area contributed by atoms with Crippen LogP contribution in [0.1, 0.15) is 33.7 Å². The Kier molecular flexibility index (Phi) is 2.71. The van der Waals surface area contributed by atoms with E-state index in [9.17, 15) is 0 Å². The van der Waals surface area contributed by atoms with E-state index in [0.29, 0.717) is 5.92 Å². The zero-order valence-corrected chi connectivity index (χ0v) is 12.1. The van der Waals surface area contributed by atoms with E-state index in [0.717, 1.165) is 5.56 Å². The van der Waals surface area contributed by atoms with Crippen molar-refractivity contribution in [3.05, 3.63) is 101 Å². The zero-order chi connectivity index (χ0) is 14.4. The van der Waals surface area contributed by atoms with Gasteiger partial charge in [-0.1, -0.05) is 66.7 Å². The Hall–Kier alpha value is -2.34. The summed E-state index contributed by atoms with van der Waals surface area (Å²) in [6.07, 6.45) is 0. The minimum Gasteiger partial charge on any atom is -0.0619 e. The van der Waals surface area contributed by atoms with Gasteiger partial charge in [-0.25, -0.2) is 0 Å². The van der Waals surface area contributed by atoms with Crippen LogP contribution in [0.25, 0.3) is 11.1 Å². The van der Waals surface area contributed by atoms with Crippen LogP contribution in [0, 0.1) is 13.8 Å². The van der Waals surface area contributed by atoms with Crippen LogP contribution in [-0.2, 0) is 0 Å². The molecule has 0 aromatic heterocycles. The fourth-order valence-electron chi connectivity index (χ4n) is 3.39. The molecule has 0 amide bonds. The van der Waals surface area contributed by atoms with Crippen LogP contribution >= 0.6 is 0 Å². The van der Waals surface area contributed by atoms with Crippen LogP contribution in [0.5, 0.6) is 0 Å². The van der Waals surface area contributed by atoms with Gasteiger partial charge in [0, 0.05) is 5.92 Å². The van der Waals surface area contributed by atoms with Crippen molar-refractivity contribution >= 4 is 0 Å². The summed E-state index contributed by atoms with van der Waals surface area (Å²) < 4.78 is 0. The minimum absolute atomic E-state index is 0.332.